The van der Waals surface area contributed by atoms with E-state index in [4.69, 9.17) is 10.7 Å². The first-order valence-corrected chi connectivity index (χ1v) is 13.3. The first kappa shape index (κ1) is 25.0. The van der Waals surface area contributed by atoms with Crippen molar-refractivity contribution in [3.63, 3.8) is 0 Å². The molecule has 4 rings (SSSR count). The van der Waals surface area contributed by atoms with Crippen molar-refractivity contribution in [2.24, 2.45) is 11.7 Å². The maximum atomic E-state index is 12.4. The van der Waals surface area contributed by atoms with Crippen LogP contribution < -0.4 is 10.6 Å². The molecule has 1 aromatic carbocycles. The number of nitriles is 2. The van der Waals surface area contributed by atoms with Crippen molar-refractivity contribution in [1.29, 1.82) is 10.5 Å². The number of benzene rings is 1. The zero-order valence-corrected chi connectivity index (χ0v) is 21.1. The summed E-state index contributed by atoms with van der Waals surface area (Å²) in [6.45, 7) is 7.17. The highest BCUT2D eigenvalue weighted by atomic mass is 32.2. The Morgan fingerprint density at radius 1 is 1.11 bits per heavy atom. The van der Waals surface area contributed by atoms with Gasteiger partial charge in [-0.1, -0.05) is 49.0 Å². The molecule has 0 radical (unpaired) electrons. The van der Waals surface area contributed by atoms with Crippen LogP contribution in [0, 0.1) is 28.6 Å². The third kappa shape index (κ3) is 5.61. The van der Waals surface area contributed by atoms with Crippen LogP contribution in [0.5, 0.6) is 0 Å². The first-order chi connectivity index (χ1) is 17.0. The number of carbonyl (C=O) groups is 1. The van der Waals surface area contributed by atoms with Gasteiger partial charge in [-0.05, 0) is 62.2 Å². The smallest absolute Gasteiger partial charge is 0.235 e. The van der Waals surface area contributed by atoms with E-state index < -0.39 is 11.2 Å². The largest absolute Gasteiger partial charge is 0.368 e. The summed E-state index contributed by atoms with van der Waals surface area (Å²) >= 11 is 1.20. The van der Waals surface area contributed by atoms with Crippen molar-refractivity contribution < 1.29 is 4.79 Å². The van der Waals surface area contributed by atoms with Crippen molar-refractivity contribution >= 4 is 23.5 Å². The summed E-state index contributed by atoms with van der Waals surface area (Å²) in [4.78, 5) is 22.0. The van der Waals surface area contributed by atoms with Crippen LogP contribution in [0.1, 0.15) is 60.1 Å². The molecule has 2 N–H and O–H groups in total. The Bertz CT molecular complexity index is 1130. The molecule has 2 aromatic rings. The van der Waals surface area contributed by atoms with Gasteiger partial charge in [0.15, 0.2) is 0 Å². The zero-order chi connectivity index (χ0) is 24.8. The lowest BCUT2D eigenvalue weighted by Crippen LogP contribution is -2.39. The van der Waals surface area contributed by atoms with Crippen molar-refractivity contribution in [1.82, 2.24) is 9.88 Å². The van der Waals surface area contributed by atoms with Crippen LogP contribution >= 0.6 is 11.8 Å². The highest BCUT2D eigenvalue weighted by molar-refractivity contribution is 8.00. The molecule has 1 amide bonds. The lowest BCUT2D eigenvalue weighted by atomic mass is 9.95. The molecule has 1 aromatic heterocycles. The number of likely N-dealkylation sites (tertiary alicyclic amines) is 1. The molecule has 2 saturated heterocycles. The van der Waals surface area contributed by atoms with E-state index in [1.165, 1.54) is 37.7 Å². The van der Waals surface area contributed by atoms with Crippen molar-refractivity contribution in [2.45, 2.75) is 49.3 Å². The Labute approximate surface area is 211 Å². The Kier molecular flexibility index (Phi) is 8.28. The van der Waals surface area contributed by atoms with E-state index in [0.29, 0.717) is 39.9 Å². The van der Waals surface area contributed by atoms with Gasteiger partial charge >= 0.3 is 0 Å². The number of carbonyl (C=O) groups excluding carboxylic acids is 1. The molecular weight excluding hydrogens is 456 g/mol. The highest BCUT2D eigenvalue weighted by Gasteiger charge is 2.29. The maximum Gasteiger partial charge on any atom is 0.235 e. The Morgan fingerprint density at radius 3 is 2.34 bits per heavy atom. The van der Waals surface area contributed by atoms with Gasteiger partial charge < -0.3 is 15.5 Å². The molecule has 182 valence electrons. The number of amides is 1. The third-order valence-electron chi connectivity index (χ3n) is 7.04. The van der Waals surface area contributed by atoms with E-state index >= 15 is 0 Å². The van der Waals surface area contributed by atoms with Crippen LogP contribution in [0.25, 0.3) is 0 Å². The van der Waals surface area contributed by atoms with Gasteiger partial charge in [0.1, 0.15) is 28.2 Å². The lowest BCUT2D eigenvalue weighted by molar-refractivity contribution is -0.117. The summed E-state index contributed by atoms with van der Waals surface area (Å²) in [7, 11) is 0. The van der Waals surface area contributed by atoms with Crippen LogP contribution in [-0.2, 0) is 11.2 Å². The van der Waals surface area contributed by atoms with Gasteiger partial charge in [0.25, 0.3) is 0 Å². The molecule has 8 heteroatoms. The third-order valence-corrected chi connectivity index (χ3v) is 8.30. The van der Waals surface area contributed by atoms with Crippen molar-refractivity contribution in [2.75, 3.05) is 37.6 Å². The number of aromatic nitrogens is 1. The molecule has 0 bridgehead atoms. The molecule has 3 heterocycles. The Hall–Kier alpha value is -3.07. The molecular formula is C27H32N6OS. The van der Waals surface area contributed by atoms with Gasteiger partial charge in [-0.15, -0.1) is 0 Å². The molecule has 2 aliphatic heterocycles. The van der Waals surface area contributed by atoms with E-state index in [-0.39, 0.29) is 0 Å². The molecule has 2 fully saturated rings. The molecule has 2 aliphatic rings. The summed E-state index contributed by atoms with van der Waals surface area (Å²) < 4.78 is 0. The SMILES string of the molecule is CCc1c(C#N)c(SC(C(N)=O)c2ccccc2)nc(N2CCC(CN3CCCC3)CC2)c1C#N. The van der Waals surface area contributed by atoms with Crippen molar-refractivity contribution in [3.8, 4) is 12.1 Å². The number of pyridine rings is 1. The molecule has 35 heavy (non-hydrogen) atoms. The monoisotopic (exact) mass is 488 g/mol. The minimum absolute atomic E-state index is 0.365. The molecule has 0 aliphatic carbocycles. The molecule has 0 saturated carbocycles. The van der Waals surface area contributed by atoms with Crippen LogP contribution in [-0.4, -0.2) is 48.5 Å². The van der Waals surface area contributed by atoms with E-state index in [1.807, 2.05) is 37.3 Å². The fourth-order valence-corrected chi connectivity index (χ4v) is 6.24. The minimum atomic E-state index is -0.674. The van der Waals surface area contributed by atoms with Crippen LogP contribution in [0.4, 0.5) is 5.82 Å². The number of rotatable bonds is 8. The van der Waals surface area contributed by atoms with E-state index in [1.54, 1.807) is 0 Å². The number of nitrogens with two attached hydrogens (primary N) is 1. The van der Waals surface area contributed by atoms with E-state index in [9.17, 15) is 15.3 Å². The Balaban J connectivity index is 1.64. The number of piperidine rings is 1. The summed E-state index contributed by atoms with van der Waals surface area (Å²) in [5.74, 6) is 0.797. The summed E-state index contributed by atoms with van der Waals surface area (Å²) in [6.07, 6.45) is 5.25. The predicted octanol–water partition coefficient (Wildman–Crippen LogP) is 4.02. The van der Waals surface area contributed by atoms with Crippen LogP contribution in [0.3, 0.4) is 0 Å². The van der Waals surface area contributed by atoms with Gasteiger partial charge in [0.2, 0.25) is 5.91 Å². The molecule has 7 nitrogen and oxygen atoms in total. The average Bonchev–Trinajstić information content (AvgIpc) is 3.40. The number of primary amides is 1. The second kappa shape index (κ2) is 11.6. The van der Waals surface area contributed by atoms with Crippen LogP contribution in [0.2, 0.25) is 0 Å². The molecule has 0 spiro atoms. The van der Waals surface area contributed by atoms with E-state index in [2.05, 4.69) is 21.9 Å². The second-order valence-corrected chi connectivity index (χ2v) is 10.4. The Morgan fingerprint density at radius 2 is 1.77 bits per heavy atom. The summed E-state index contributed by atoms with van der Waals surface area (Å²) in [5.41, 5.74) is 8.06. The second-order valence-electron chi connectivity index (χ2n) is 9.30. The topological polar surface area (TPSA) is 110 Å². The van der Waals surface area contributed by atoms with E-state index in [0.717, 1.165) is 38.0 Å². The van der Waals surface area contributed by atoms with Crippen molar-refractivity contribution in [3.05, 3.63) is 52.6 Å². The van der Waals surface area contributed by atoms with Gasteiger partial charge in [0.05, 0.1) is 11.1 Å². The summed E-state index contributed by atoms with van der Waals surface area (Å²) in [6, 6.07) is 13.9. The fraction of sp³-hybridized carbons (Fsp3) is 0.481. The number of nitrogens with zero attached hydrogens (tertiary/aromatic N) is 5. The number of hydrogen-bond donors (Lipinski definition) is 1. The fourth-order valence-electron chi connectivity index (χ4n) is 5.18. The minimum Gasteiger partial charge on any atom is -0.368 e. The maximum absolute atomic E-state index is 12.4. The number of thioether (sulfide) groups is 1. The lowest BCUT2D eigenvalue weighted by Gasteiger charge is -2.35. The quantitative estimate of drug-likeness (QED) is 0.559. The number of hydrogen-bond acceptors (Lipinski definition) is 7. The summed E-state index contributed by atoms with van der Waals surface area (Å²) in [5, 5.41) is 19.8. The first-order valence-electron chi connectivity index (χ1n) is 12.4. The van der Waals surface area contributed by atoms with Gasteiger partial charge in [-0.25, -0.2) is 4.98 Å². The zero-order valence-electron chi connectivity index (χ0n) is 20.2. The van der Waals surface area contributed by atoms with Gasteiger partial charge in [-0.2, -0.15) is 10.5 Å². The normalized spacial score (nSPS) is 17.6. The predicted molar refractivity (Wildman–Crippen MR) is 138 cm³/mol. The number of anilines is 1. The molecule has 1 unspecified atom stereocenters. The average molecular weight is 489 g/mol. The van der Waals surface area contributed by atoms with Crippen LogP contribution in [0.15, 0.2) is 35.4 Å². The highest BCUT2D eigenvalue weighted by Crippen LogP contribution is 2.40. The molecule has 1 atom stereocenters. The standard InChI is InChI=1S/C27H32N6OS/c1-2-21-22(16-28)26(33-14-10-19(11-15-33)18-32-12-6-7-13-32)31-27(23(21)17-29)35-24(25(30)34)20-8-4-3-5-9-20/h3-5,8-9,19,24H,2,6-7,10-15,18H2,1H3,(H2,30,34). The van der Waals surface area contributed by atoms with Gasteiger partial charge in [0, 0.05) is 19.6 Å². The van der Waals surface area contributed by atoms with Gasteiger partial charge in [-0.3, -0.25) is 4.79 Å².